The maximum absolute atomic E-state index is 13.0. The fourth-order valence-electron chi connectivity index (χ4n) is 3.82. The molecule has 0 bridgehead atoms. The monoisotopic (exact) mass is 344 g/mol. The van der Waals surface area contributed by atoms with Gasteiger partial charge in [-0.15, -0.1) is 0 Å². The lowest BCUT2D eigenvalue weighted by Crippen LogP contribution is -2.46. The Bertz CT molecular complexity index is 598. The normalized spacial score (nSPS) is 29.6. The van der Waals surface area contributed by atoms with Gasteiger partial charge in [0.25, 0.3) is 0 Å². The van der Waals surface area contributed by atoms with Crippen molar-refractivity contribution in [2.45, 2.75) is 37.6 Å². The summed E-state index contributed by atoms with van der Waals surface area (Å²) in [6, 6.07) is 3.93. The molecule has 134 valence electrons. The second kappa shape index (κ2) is 6.11. The molecule has 1 aromatic carbocycles. The van der Waals surface area contributed by atoms with E-state index >= 15 is 0 Å². The van der Waals surface area contributed by atoms with Gasteiger partial charge in [-0.2, -0.15) is 13.2 Å². The Hall–Kier alpha value is -1.47. The van der Waals surface area contributed by atoms with Crippen LogP contribution in [0.25, 0.3) is 0 Å². The minimum atomic E-state index is -4.35. The molecule has 2 N–H and O–H groups in total. The Kier molecular flexibility index (Phi) is 4.42. The van der Waals surface area contributed by atoms with Crippen molar-refractivity contribution in [1.29, 1.82) is 0 Å². The number of nitrogens with one attached hydrogen (secondary N) is 1. The molecule has 1 spiro atoms. The molecule has 1 heterocycles. The van der Waals surface area contributed by atoms with Crippen LogP contribution in [-0.2, 0) is 10.9 Å². The molecular formula is C17H23F3N2O2. The number of ether oxygens (including phenoxy) is 1. The second-order valence-corrected chi connectivity index (χ2v) is 7.19. The summed E-state index contributed by atoms with van der Waals surface area (Å²) >= 11 is 0. The van der Waals surface area contributed by atoms with E-state index in [1.807, 2.05) is 14.1 Å². The Morgan fingerprint density at radius 1 is 1.29 bits per heavy atom. The molecule has 1 saturated heterocycles. The molecule has 0 radical (unpaired) electrons. The van der Waals surface area contributed by atoms with E-state index in [1.54, 1.807) is 4.90 Å². The molecule has 0 amide bonds. The first-order valence-corrected chi connectivity index (χ1v) is 8.10. The van der Waals surface area contributed by atoms with Crippen LogP contribution in [0.5, 0.6) is 0 Å². The number of aliphatic hydroxyl groups excluding tert-OH is 1. The predicted molar refractivity (Wildman–Crippen MR) is 86.3 cm³/mol. The third-order valence-corrected chi connectivity index (χ3v) is 5.01. The first-order chi connectivity index (χ1) is 11.2. The van der Waals surface area contributed by atoms with Crippen LogP contribution in [0.4, 0.5) is 24.5 Å². The summed E-state index contributed by atoms with van der Waals surface area (Å²) in [6.45, 7) is 0.651. The molecular weight excluding hydrogens is 321 g/mol. The molecule has 1 saturated carbocycles. The Morgan fingerprint density at radius 3 is 2.54 bits per heavy atom. The van der Waals surface area contributed by atoms with Gasteiger partial charge in [-0.25, -0.2) is 0 Å². The molecule has 1 aliphatic heterocycles. The molecule has 0 aromatic heterocycles. The van der Waals surface area contributed by atoms with Crippen LogP contribution < -0.4 is 10.2 Å². The molecule has 1 aromatic rings. The smallest absolute Gasteiger partial charge is 0.394 e. The summed E-state index contributed by atoms with van der Waals surface area (Å²) in [5.41, 5.74) is 0.673. The Balaban J connectivity index is 1.71. The quantitative estimate of drug-likeness (QED) is 0.881. The van der Waals surface area contributed by atoms with Crippen molar-refractivity contribution in [3.05, 3.63) is 23.8 Å². The zero-order valence-corrected chi connectivity index (χ0v) is 13.9. The van der Waals surface area contributed by atoms with E-state index in [-0.39, 0.29) is 24.2 Å². The standard InChI is InChI=1S/C17H23F3N2O2/c1-22(2)15-4-3-11(17(18,19)20)5-14(15)21-12-6-16(7-12)8-13(9-23)24-10-16/h3-5,12-13,21,23H,6-10H2,1-2H3. The van der Waals surface area contributed by atoms with Crippen LogP contribution >= 0.6 is 0 Å². The lowest BCUT2D eigenvalue weighted by molar-refractivity contribution is -0.137. The summed E-state index contributed by atoms with van der Waals surface area (Å²) < 4.78 is 44.5. The van der Waals surface area contributed by atoms with E-state index in [4.69, 9.17) is 4.74 Å². The van der Waals surface area contributed by atoms with E-state index in [0.717, 1.165) is 31.0 Å². The molecule has 1 aliphatic carbocycles. The highest BCUT2D eigenvalue weighted by Crippen LogP contribution is 2.50. The van der Waals surface area contributed by atoms with Crippen LogP contribution in [0.1, 0.15) is 24.8 Å². The number of rotatable bonds is 4. The zero-order valence-electron chi connectivity index (χ0n) is 13.9. The minimum Gasteiger partial charge on any atom is -0.394 e. The minimum absolute atomic E-state index is 0.0260. The lowest BCUT2D eigenvalue weighted by atomic mass is 9.64. The largest absolute Gasteiger partial charge is 0.416 e. The summed E-state index contributed by atoms with van der Waals surface area (Å²) in [5.74, 6) is 0. The third-order valence-electron chi connectivity index (χ3n) is 5.01. The Labute approximate surface area is 139 Å². The average Bonchev–Trinajstić information content (AvgIpc) is 2.90. The summed E-state index contributed by atoms with van der Waals surface area (Å²) in [4.78, 5) is 1.80. The fraction of sp³-hybridized carbons (Fsp3) is 0.647. The van der Waals surface area contributed by atoms with Crippen molar-refractivity contribution < 1.29 is 23.0 Å². The molecule has 4 nitrogen and oxygen atoms in total. The highest BCUT2D eigenvalue weighted by molar-refractivity contribution is 5.71. The van der Waals surface area contributed by atoms with Gasteiger partial charge in [-0.3, -0.25) is 0 Å². The van der Waals surface area contributed by atoms with E-state index in [1.165, 1.54) is 12.1 Å². The van der Waals surface area contributed by atoms with E-state index in [2.05, 4.69) is 5.32 Å². The average molecular weight is 344 g/mol. The van der Waals surface area contributed by atoms with Crippen molar-refractivity contribution in [3.8, 4) is 0 Å². The van der Waals surface area contributed by atoms with Gasteiger partial charge in [0.1, 0.15) is 0 Å². The van der Waals surface area contributed by atoms with E-state index in [9.17, 15) is 18.3 Å². The van der Waals surface area contributed by atoms with Crippen LogP contribution in [0.3, 0.4) is 0 Å². The fourth-order valence-corrected chi connectivity index (χ4v) is 3.82. The van der Waals surface area contributed by atoms with E-state index < -0.39 is 11.7 Å². The SMILES string of the molecule is CN(C)c1ccc(C(F)(F)F)cc1NC1CC2(COC(CO)C2)C1. The van der Waals surface area contributed by atoms with Crippen LogP contribution in [0.2, 0.25) is 0 Å². The number of halogens is 3. The molecule has 2 fully saturated rings. The van der Waals surface area contributed by atoms with Crippen molar-refractivity contribution in [2.24, 2.45) is 5.41 Å². The second-order valence-electron chi connectivity index (χ2n) is 7.19. The van der Waals surface area contributed by atoms with Gasteiger partial charge < -0.3 is 20.1 Å². The van der Waals surface area contributed by atoms with E-state index in [0.29, 0.717) is 12.3 Å². The number of nitrogens with zero attached hydrogens (tertiary/aromatic N) is 1. The van der Waals surface area contributed by atoms with Gasteiger partial charge in [0.05, 0.1) is 36.3 Å². The Morgan fingerprint density at radius 2 is 2.00 bits per heavy atom. The van der Waals surface area contributed by atoms with Crippen LogP contribution in [-0.4, -0.2) is 44.6 Å². The van der Waals surface area contributed by atoms with Crippen molar-refractivity contribution in [1.82, 2.24) is 0 Å². The number of hydrogen-bond donors (Lipinski definition) is 2. The third kappa shape index (κ3) is 3.32. The molecule has 1 atom stereocenters. The lowest BCUT2D eigenvalue weighted by Gasteiger charge is -2.45. The van der Waals surface area contributed by atoms with Gasteiger partial charge in [0, 0.05) is 25.6 Å². The summed E-state index contributed by atoms with van der Waals surface area (Å²) in [7, 11) is 3.62. The van der Waals surface area contributed by atoms with Crippen molar-refractivity contribution in [2.75, 3.05) is 37.5 Å². The number of alkyl halides is 3. The summed E-state index contributed by atoms with van der Waals surface area (Å²) in [6.07, 6.45) is -1.92. The maximum atomic E-state index is 13.0. The maximum Gasteiger partial charge on any atom is 0.416 e. The van der Waals surface area contributed by atoms with Gasteiger partial charge in [-0.1, -0.05) is 0 Å². The molecule has 2 aliphatic rings. The molecule has 24 heavy (non-hydrogen) atoms. The highest BCUT2D eigenvalue weighted by Gasteiger charge is 2.49. The van der Waals surface area contributed by atoms with Crippen molar-refractivity contribution in [3.63, 3.8) is 0 Å². The summed E-state index contributed by atoms with van der Waals surface area (Å²) in [5, 5.41) is 12.4. The first kappa shape index (κ1) is 17.4. The zero-order chi connectivity index (χ0) is 17.5. The van der Waals surface area contributed by atoms with Gasteiger partial charge in [-0.05, 0) is 37.5 Å². The highest BCUT2D eigenvalue weighted by atomic mass is 19.4. The first-order valence-electron chi connectivity index (χ1n) is 8.10. The number of benzene rings is 1. The molecule has 3 rings (SSSR count). The predicted octanol–water partition coefficient (Wildman–Crippen LogP) is 3.11. The van der Waals surface area contributed by atoms with Crippen LogP contribution in [0, 0.1) is 5.41 Å². The molecule has 1 unspecified atom stereocenters. The topological polar surface area (TPSA) is 44.7 Å². The van der Waals surface area contributed by atoms with Gasteiger partial charge >= 0.3 is 6.18 Å². The number of hydrogen-bond acceptors (Lipinski definition) is 4. The van der Waals surface area contributed by atoms with Crippen molar-refractivity contribution >= 4 is 11.4 Å². The molecule has 7 heteroatoms. The van der Waals surface area contributed by atoms with Crippen LogP contribution in [0.15, 0.2) is 18.2 Å². The number of aliphatic hydroxyl groups is 1. The number of anilines is 2. The van der Waals surface area contributed by atoms with Gasteiger partial charge in [0.2, 0.25) is 0 Å². The van der Waals surface area contributed by atoms with Gasteiger partial charge in [0.15, 0.2) is 0 Å².